The summed E-state index contributed by atoms with van der Waals surface area (Å²) in [7, 11) is 2.93. The number of hydrogen-bond donors (Lipinski definition) is 1. The maximum atomic E-state index is 11.5. The zero-order valence-corrected chi connectivity index (χ0v) is 12.2. The lowest BCUT2D eigenvalue weighted by atomic mass is 10.2. The van der Waals surface area contributed by atoms with E-state index in [0.29, 0.717) is 18.1 Å². The van der Waals surface area contributed by atoms with Gasteiger partial charge in [-0.15, -0.1) is 0 Å². The van der Waals surface area contributed by atoms with Gasteiger partial charge in [0.05, 0.1) is 14.2 Å². The molecule has 0 aliphatic rings. The highest BCUT2D eigenvalue weighted by molar-refractivity contribution is 5.85. The van der Waals surface area contributed by atoms with E-state index in [2.05, 4.69) is 20.0 Å². The molecule has 0 aliphatic carbocycles. The minimum absolute atomic E-state index is 0.0507. The highest BCUT2D eigenvalue weighted by atomic mass is 16.5. The van der Waals surface area contributed by atoms with Gasteiger partial charge in [0.25, 0.3) is 0 Å². The third-order valence-corrected chi connectivity index (χ3v) is 2.85. The Labute approximate surface area is 123 Å². The Morgan fingerprint density at radius 1 is 1.19 bits per heavy atom. The predicted molar refractivity (Wildman–Crippen MR) is 78.4 cm³/mol. The van der Waals surface area contributed by atoms with Gasteiger partial charge >= 0.3 is 5.97 Å². The van der Waals surface area contributed by atoms with Crippen molar-refractivity contribution in [3.8, 4) is 5.75 Å². The van der Waals surface area contributed by atoms with Gasteiger partial charge < -0.3 is 14.8 Å². The maximum Gasteiger partial charge on any atom is 0.376 e. The van der Waals surface area contributed by atoms with Crippen LogP contribution in [0.4, 0.5) is 5.82 Å². The second-order valence-corrected chi connectivity index (χ2v) is 4.41. The molecule has 0 aliphatic heterocycles. The highest BCUT2D eigenvalue weighted by Crippen LogP contribution is 2.13. The van der Waals surface area contributed by atoms with Crippen molar-refractivity contribution < 1.29 is 14.3 Å². The summed E-state index contributed by atoms with van der Waals surface area (Å²) in [6.45, 7) is 2.38. The standard InChI is InChI=1S/C15H17N3O3/c1-10-8-13(18-14(17-10)15(19)21-3)16-9-11-4-6-12(20-2)7-5-11/h4-8H,9H2,1-3H3,(H,16,17,18). The number of benzene rings is 1. The molecule has 6 nitrogen and oxygen atoms in total. The fraction of sp³-hybridized carbons (Fsp3) is 0.267. The Kier molecular flexibility index (Phi) is 4.71. The first kappa shape index (κ1) is 14.8. The molecule has 1 aromatic carbocycles. The first-order chi connectivity index (χ1) is 10.1. The van der Waals surface area contributed by atoms with Crippen LogP contribution in [0.5, 0.6) is 5.75 Å². The molecule has 2 rings (SSSR count). The number of anilines is 1. The number of carbonyl (C=O) groups is 1. The number of aryl methyl sites for hydroxylation is 1. The summed E-state index contributed by atoms with van der Waals surface area (Å²) >= 11 is 0. The number of esters is 1. The summed E-state index contributed by atoms with van der Waals surface area (Å²) in [5.74, 6) is 0.893. The van der Waals surface area contributed by atoms with Crippen LogP contribution in [0.3, 0.4) is 0 Å². The molecule has 0 saturated carbocycles. The molecule has 0 bridgehead atoms. The zero-order chi connectivity index (χ0) is 15.2. The number of aromatic nitrogens is 2. The van der Waals surface area contributed by atoms with Crippen LogP contribution in [0, 0.1) is 6.92 Å². The van der Waals surface area contributed by atoms with Crippen LogP contribution in [0.25, 0.3) is 0 Å². The van der Waals surface area contributed by atoms with Gasteiger partial charge in [0.1, 0.15) is 11.6 Å². The zero-order valence-electron chi connectivity index (χ0n) is 12.2. The molecule has 0 unspecified atom stereocenters. The summed E-state index contributed by atoms with van der Waals surface area (Å²) in [6, 6.07) is 9.47. The molecule has 0 radical (unpaired) electrons. The Hall–Kier alpha value is -2.63. The van der Waals surface area contributed by atoms with Crippen LogP contribution in [-0.2, 0) is 11.3 Å². The number of rotatable bonds is 5. The van der Waals surface area contributed by atoms with Crippen molar-refractivity contribution in [1.82, 2.24) is 9.97 Å². The van der Waals surface area contributed by atoms with Gasteiger partial charge in [-0.3, -0.25) is 0 Å². The molecule has 0 amide bonds. The molecule has 2 aromatic rings. The van der Waals surface area contributed by atoms with Crippen LogP contribution in [0.2, 0.25) is 0 Å². The van der Waals surface area contributed by atoms with Gasteiger partial charge in [-0.25, -0.2) is 14.8 Å². The summed E-state index contributed by atoms with van der Waals surface area (Å²) in [6.07, 6.45) is 0. The average molecular weight is 287 g/mol. The molecule has 110 valence electrons. The Morgan fingerprint density at radius 3 is 2.52 bits per heavy atom. The van der Waals surface area contributed by atoms with Crippen molar-refractivity contribution in [2.45, 2.75) is 13.5 Å². The van der Waals surface area contributed by atoms with Gasteiger partial charge in [-0.2, -0.15) is 0 Å². The molecule has 6 heteroatoms. The van der Waals surface area contributed by atoms with Gasteiger partial charge in [0.15, 0.2) is 0 Å². The van der Waals surface area contributed by atoms with Crippen molar-refractivity contribution >= 4 is 11.8 Å². The first-order valence-corrected chi connectivity index (χ1v) is 6.43. The lowest BCUT2D eigenvalue weighted by molar-refractivity contribution is 0.0586. The number of methoxy groups -OCH3 is 2. The molecule has 1 heterocycles. The van der Waals surface area contributed by atoms with Gasteiger partial charge in [-0.05, 0) is 24.6 Å². The fourth-order valence-corrected chi connectivity index (χ4v) is 1.78. The summed E-state index contributed by atoms with van der Waals surface area (Å²) < 4.78 is 9.74. The van der Waals surface area contributed by atoms with Crippen molar-refractivity contribution in [3.63, 3.8) is 0 Å². The highest BCUT2D eigenvalue weighted by Gasteiger charge is 2.11. The van der Waals surface area contributed by atoms with E-state index in [9.17, 15) is 4.79 Å². The van der Waals surface area contributed by atoms with Crippen LogP contribution in [0.1, 0.15) is 21.9 Å². The van der Waals surface area contributed by atoms with Crippen molar-refractivity contribution in [2.75, 3.05) is 19.5 Å². The smallest absolute Gasteiger partial charge is 0.376 e. The topological polar surface area (TPSA) is 73.3 Å². The second-order valence-electron chi connectivity index (χ2n) is 4.41. The third kappa shape index (κ3) is 3.92. The second kappa shape index (κ2) is 6.69. The minimum Gasteiger partial charge on any atom is -0.497 e. The number of nitrogens with one attached hydrogen (secondary N) is 1. The minimum atomic E-state index is -0.550. The third-order valence-electron chi connectivity index (χ3n) is 2.85. The van der Waals surface area contributed by atoms with Gasteiger partial charge in [0, 0.05) is 18.3 Å². The molecule has 0 atom stereocenters. The van der Waals surface area contributed by atoms with E-state index in [-0.39, 0.29) is 5.82 Å². The molecule has 1 N–H and O–H groups in total. The van der Waals surface area contributed by atoms with E-state index in [1.165, 1.54) is 7.11 Å². The van der Waals surface area contributed by atoms with E-state index in [0.717, 1.165) is 11.3 Å². The van der Waals surface area contributed by atoms with E-state index >= 15 is 0 Å². The van der Waals surface area contributed by atoms with E-state index in [4.69, 9.17) is 4.74 Å². The summed E-state index contributed by atoms with van der Waals surface area (Å²) in [4.78, 5) is 19.6. The normalized spacial score (nSPS) is 10.0. The molecule has 0 saturated heterocycles. The van der Waals surface area contributed by atoms with Gasteiger partial charge in [0.2, 0.25) is 5.82 Å². The number of nitrogens with zero attached hydrogens (tertiary/aromatic N) is 2. The van der Waals surface area contributed by atoms with E-state index < -0.39 is 5.97 Å². The first-order valence-electron chi connectivity index (χ1n) is 6.43. The van der Waals surface area contributed by atoms with Crippen molar-refractivity contribution in [3.05, 3.63) is 47.4 Å². The predicted octanol–water partition coefficient (Wildman–Crippen LogP) is 2.19. The largest absolute Gasteiger partial charge is 0.497 e. The molecular formula is C15H17N3O3. The molecule has 0 spiro atoms. The lowest BCUT2D eigenvalue weighted by Crippen LogP contribution is -2.11. The quantitative estimate of drug-likeness (QED) is 0.850. The lowest BCUT2D eigenvalue weighted by Gasteiger charge is -2.08. The molecular weight excluding hydrogens is 270 g/mol. The van der Waals surface area contributed by atoms with E-state index in [1.807, 2.05) is 24.3 Å². The SMILES string of the molecule is COC(=O)c1nc(C)cc(NCc2ccc(OC)cc2)n1. The Morgan fingerprint density at radius 2 is 1.90 bits per heavy atom. The maximum absolute atomic E-state index is 11.5. The van der Waals surface area contributed by atoms with Crippen LogP contribution in [-0.4, -0.2) is 30.2 Å². The fourth-order valence-electron chi connectivity index (χ4n) is 1.78. The number of ether oxygens (including phenoxy) is 2. The summed E-state index contributed by atoms with van der Waals surface area (Å²) in [5, 5.41) is 3.16. The van der Waals surface area contributed by atoms with Crippen LogP contribution < -0.4 is 10.1 Å². The van der Waals surface area contributed by atoms with Crippen LogP contribution in [0.15, 0.2) is 30.3 Å². The monoisotopic (exact) mass is 287 g/mol. The average Bonchev–Trinajstić information content (AvgIpc) is 2.52. The molecule has 21 heavy (non-hydrogen) atoms. The number of hydrogen-bond acceptors (Lipinski definition) is 6. The molecule has 1 aromatic heterocycles. The van der Waals surface area contributed by atoms with Crippen molar-refractivity contribution in [2.24, 2.45) is 0 Å². The number of carbonyl (C=O) groups excluding carboxylic acids is 1. The van der Waals surface area contributed by atoms with Gasteiger partial charge in [-0.1, -0.05) is 12.1 Å². The molecule has 0 fully saturated rings. The summed E-state index contributed by atoms with van der Waals surface area (Å²) in [5.41, 5.74) is 1.77. The van der Waals surface area contributed by atoms with Crippen LogP contribution >= 0.6 is 0 Å². The van der Waals surface area contributed by atoms with E-state index in [1.54, 1.807) is 20.1 Å². The Bertz CT molecular complexity index is 627. The van der Waals surface area contributed by atoms with Crippen molar-refractivity contribution in [1.29, 1.82) is 0 Å². The Balaban J connectivity index is 2.08.